The summed E-state index contributed by atoms with van der Waals surface area (Å²) in [4.78, 5) is 27.1. The van der Waals surface area contributed by atoms with Crippen LogP contribution in [0.2, 0.25) is 0 Å². The second-order valence-electron chi connectivity index (χ2n) is 7.18. The molecule has 0 heterocycles. The summed E-state index contributed by atoms with van der Waals surface area (Å²) in [6, 6.07) is 13.0. The summed E-state index contributed by atoms with van der Waals surface area (Å²) in [5.74, 6) is 0.278. The van der Waals surface area contributed by atoms with Crippen molar-refractivity contribution < 1.29 is 14.3 Å². The number of nitrogens with zero attached hydrogens (tertiary/aromatic N) is 1. The lowest BCUT2D eigenvalue weighted by Gasteiger charge is -2.29. The van der Waals surface area contributed by atoms with Crippen molar-refractivity contribution in [1.29, 1.82) is 0 Å². The van der Waals surface area contributed by atoms with Crippen LogP contribution >= 0.6 is 15.9 Å². The molecule has 0 aromatic heterocycles. The van der Waals surface area contributed by atoms with Gasteiger partial charge in [0, 0.05) is 17.6 Å². The van der Waals surface area contributed by atoms with Crippen LogP contribution in [-0.4, -0.2) is 35.9 Å². The Labute approximate surface area is 181 Å². The number of nitrogens with one attached hydrogen (secondary N) is 1. The molecule has 0 saturated heterocycles. The number of benzene rings is 2. The molecule has 6 heteroatoms. The Hall–Kier alpha value is -2.34. The molecule has 0 unspecified atom stereocenters. The van der Waals surface area contributed by atoms with E-state index < -0.39 is 6.04 Å². The van der Waals surface area contributed by atoms with Gasteiger partial charge in [0.25, 0.3) is 5.91 Å². The minimum atomic E-state index is -0.601. The molecular formula is C23H29BrN2O3. The predicted octanol–water partition coefficient (Wildman–Crippen LogP) is 4.39. The van der Waals surface area contributed by atoms with Crippen LogP contribution in [0.4, 0.5) is 0 Å². The average Bonchev–Trinajstić information content (AvgIpc) is 2.69. The zero-order chi connectivity index (χ0) is 21.4. The smallest absolute Gasteiger partial charge is 0.261 e. The molecule has 2 aromatic carbocycles. The summed E-state index contributed by atoms with van der Waals surface area (Å²) in [5.41, 5.74) is 3.05. The maximum absolute atomic E-state index is 13.0. The normalized spacial score (nSPS) is 11.6. The minimum absolute atomic E-state index is 0.122. The van der Waals surface area contributed by atoms with Crippen LogP contribution in [0.5, 0.6) is 5.75 Å². The van der Waals surface area contributed by atoms with Crippen molar-refractivity contribution in [2.45, 2.75) is 46.7 Å². The van der Waals surface area contributed by atoms with Gasteiger partial charge in [-0.1, -0.05) is 52.7 Å². The quantitative estimate of drug-likeness (QED) is 0.603. The molecule has 2 aromatic rings. The highest BCUT2D eigenvalue weighted by molar-refractivity contribution is 9.10. The molecule has 0 aliphatic rings. The van der Waals surface area contributed by atoms with E-state index in [1.54, 1.807) is 11.8 Å². The fraction of sp³-hybridized carbons (Fsp3) is 0.391. The molecule has 2 rings (SSSR count). The number of rotatable bonds is 9. The first-order valence-electron chi connectivity index (χ1n) is 9.83. The third-order valence-corrected chi connectivity index (χ3v) is 5.13. The van der Waals surface area contributed by atoms with Gasteiger partial charge >= 0.3 is 0 Å². The third kappa shape index (κ3) is 6.89. The second kappa shape index (κ2) is 11.0. The van der Waals surface area contributed by atoms with Crippen molar-refractivity contribution in [3.8, 4) is 5.75 Å². The molecule has 0 bridgehead atoms. The first-order chi connectivity index (χ1) is 13.8. The summed E-state index contributed by atoms with van der Waals surface area (Å²) in [6.07, 6.45) is 0.841. The van der Waals surface area contributed by atoms with Crippen LogP contribution in [0.1, 0.15) is 37.0 Å². The molecule has 0 aliphatic heterocycles. The van der Waals surface area contributed by atoms with Crippen LogP contribution < -0.4 is 10.1 Å². The highest BCUT2D eigenvalue weighted by atomic mass is 79.9. The Bertz CT molecular complexity index is 854. The van der Waals surface area contributed by atoms with Crippen molar-refractivity contribution >= 4 is 27.7 Å². The third-order valence-electron chi connectivity index (χ3n) is 4.64. The lowest BCUT2D eigenvalue weighted by Crippen LogP contribution is -2.49. The van der Waals surface area contributed by atoms with E-state index in [-0.39, 0.29) is 18.4 Å². The van der Waals surface area contributed by atoms with Crippen molar-refractivity contribution in [1.82, 2.24) is 10.2 Å². The molecule has 2 amide bonds. The molecule has 1 N–H and O–H groups in total. The predicted molar refractivity (Wildman–Crippen MR) is 119 cm³/mol. The molecule has 1 atom stereocenters. The summed E-state index contributed by atoms with van der Waals surface area (Å²) >= 11 is 3.46. The van der Waals surface area contributed by atoms with Gasteiger partial charge in [-0.2, -0.15) is 0 Å². The van der Waals surface area contributed by atoms with Gasteiger partial charge in [0.1, 0.15) is 11.8 Å². The Morgan fingerprint density at radius 3 is 2.59 bits per heavy atom. The lowest BCUT2D eigenvalue weighted by atomic mass is 10.1. The van der Waals surface area contributed by atoms with Gasteiger partial charge < -0.3 is 15.0 Å². The van der Waals surface area contributed by atoms with E-state index in [0.29, 0.717) is 18.8 Å². The molecule has 29 heavy (non-hydrogen) atoms. The van der Waals surface area contributed by atoms with E-state index in [0.717, 1.165) is 27.6 Å². The summed E-state index contributed by atoms with van der Waals surface area (Å²) < 4.78 is 6.70. The van der Waals surface area contributed by atoms with Crippen LogP contribution in [-0.2, 0) is 16.1 Å². The Balaban J connectivity index is 2.15. The Kier molecular flexibility index (Phi) is 8.70. The summed E-state index contributed by atoms with van der Waals surface area (Å²) in [6.45, 7) is 8.50. The molecular weight excluding hydrogens is 432 g/mol. The van der Waals surface area contributed by atoms with E-state index in [9.17, 15) is 9.59 Å². The number of carbonyl (C=O) groups excluding carboxylic acids is 2. The van der Waals surface area contributed by atoms with Crippen molar-refractivity contribution in [3.63, 3.8) is 0 Å². The van der Waals surface area contributed by atoms with Gasteiger partial charge in [-0.15, -0.1) is 0 Å². The molecule has 0 radical (unpaired) electrons. The number of carbonyl (C=O) groups is 2. The number of ether oxygens (including phenoxy) is 1. The van der Waals surface area contributed by atoms with Crippen molar-refractivity contribution in [3.05, 3.63) is 63.6 Å². The summed E-state index contributed by atoms with van der Waals surface area (Å²) in [5, 5.41) is 2.87. The number of aryl methyl sites for hydroxylation is 2. The largest absolute Gasteiger partial charge is 0.483 e. The summed E-state index contributed by atoms with van der Waals surface area (Å²) in [7, 11) is 0. The fourth-order valence-corrected chi connectivity index (χ4v) is 3.44. The number of hydrogen-bond donors (Lipinski definition) is 1. The molecule has 0 saturated carbocycles. The monoisotopic (exact) mass is 460 g/mol. The van der Waals surface area contributed by atoms with Gasteiger partial charge in [-0.05, 0) is 56.5 Å². The number of amides is 2. The van der Waals surface area contributed by atoms with Crippen LogP contribution in [0.15, 0.2) is 46.9 Å². The van der Waals surface area contributed by atoms with Crippen molar-refractivity contribution in [2.24, 2.45) is 0 Å². The lowest BCUT2D eigenvalue weighted by molar-refractivity contribution is -0.142. The molecule has 0 fully saturated rings. The van der Waals surface area contributed by atoms with Crippen LogP contribution in [0.3, 0.4) is 0 Å². The molecule has 156 valence electrons. The zero-order valence-corrected chi connectivity index (χ0v) is 19.1. The van der Waals surface area contributed by atoms with Gasteiger partial charge in [-0.3, -0.25) is 9.59 Å². The minimum Gasteiger partial charge on any atom is -0.483 e. The highest BCUT2D eigenvalue weighted by Crippen LogP contribution is 2.20. The first kappa shape index (κ1) is 22.9. The molecule has 0 spiro atoms. The fourth-order valence-electron chi connectivity index (χ4n) is 2.99. The first-order valence-corrected chi connectivity index (χ1v) is 10.6. The Morgan fingerprint density at radius 1 is 1.17 bits per heavy atom. The van der Waals surface area contributed by atoms with E-state index in [1.807, 2.05) is 63.2 Å². The maximum atomic E-state index is 13.0. The van der Waals surface area contributed by atoms with Crippen molar-refractivity contribution in [2.75, 3.05) is 13.2 Å². The van der Waals surface area contributed by atoms with E-state index >= 15 is 0 Å². The van der Waals surface area contributed by atoms with E-state index in [2.05, 4.69) is 21.2 Å². The standard InChI is InChI=1S/C23H29BrN2O3/c1-5-11-25-23(28)18(4)26(14-19-7-6-8-20(24)13-19)22(27)15-29-21-10-9-16(2)12-17(21)3/h6-10,12-13,18H,5,11,14-15H2,1-4H3,(H,25,28)/t18-/m0/s1. The zero-order valence-electron chi connectivity index (χ0n) is 17.5. The number of halogens is 1. The SMILES string of the molecule is CCCNC(=O)[C@H](C)N(Cc1cccc(Br)c1)C(=O)COc1ccc(C)cc1C. The topological polar surface area (TPSA) is 58.6 Å². The average molecular weight is 461 g/mol. The van der Waals surface area contributed by atoms with Crippen LogP contribution in [0, 0.1) is 13.8 Å². The Morgan fingerprint density at radius 2 is 1.93 bits per heavy atom. The number of hydrogen-bond acceptors (Lipinski definition) is 3. The van der Waals surface area contributed by atoms with Gasteiger partial charge in [0.15, 0.2) is 6.61 Å². The van der Waals surface area contributed by atoms with Gasteiger partial charge in [-0.25, -0.2) is 0 Å². The van der Waals surface area contributed by atoms with Gasteiger partial charge in [0.05, 0.1) is 0 Å². The van der Waals surface area contributed by atoms with E-state index in [1.165, 1.54) is 0 Å². The molecule has 0 aliphatic carbocycles. The maximum Gasteiger partial charge on any atom is 0.261 e. The second-order valence-corrected chi connectivity index (χ2v) is 8.09. The highest BCUT2D eigenvalue weighted by Gasteiger charge is 2.26. The van der Waals surface area contributed by atoms with Gasteiger partial charge in [0.2, 0.25) is 5.91 Å². The van der Waals surface area contributed by atoms with E-state index in [4.69, 9.17) is 4.74 Å². The molecule has 5 nitrogen and oxygen atoms in total. The van der Waals surface area contributed by atoms with Crippen LogP contribution in [0.25, 0.3) is 0 Å².